The summed E-state index contributed by atoms with van der Waals surface area (Å²) in [6.07, 6.45) is 3.67. The van der Waals surface area contributed by atoms with E-state index in [0.717, 1.165) is 16.8 Å². The number of nitrogens with two attached hydrogens (primary N) is 1. The highest BCUT2D eigenvalue weighted by molar-refractivity contribution is 7.07. The van der Waals surface area contributed by atoms with Crippen LogP contribution in [0.1, 0.15) is 29.8 Å². The summed E-state index contributed by atoms with van der Waals surface area (Å²) in [5.41, 5.74) is 6.83. The van der Waals surface area contributed by atoms with Crippen molar-refractivity contribution in [2.75, 3.05) is 0 Å². The van der Waals surface area contributed by atoms with Gasteiger partial charge in [0.05, 0.1) is 16.3 Å². The van der Waals surface area contributed by atoms with Crippen LogP contribution in [-0.4, -0.2) is 26.0 Å². The lowest BCUT2D eigenvalue weighted by Gasteiger charge is -2.44. The summed E-state index contributed by atoms with van der Waals surface area (Å²) < 4.78 is 9.93. The molecule has 2 aromatic heterocycles. The average molecular weight is 409 g/mol. The molecular weight excluding hydrogens is 390 g/mol. The van der Waals surface area contributed by atoms with Gasteiger partial charge < -0.3 is 10.5 Å². The number of aromatic nitrogens is 3. The number of hydrogen-bond donors (Lipinski definition) is 1. The van der Waals surface area contributed by atoms with Crippen LogP contribution in [0, 0.1) is 12.8 Å². The van der Waals surface area contributed by atoms with Gasteiger partial charge in [-0.15, -0.1) is 0 Å². The van der Waals surface area contributed by atoms with Gasteiger partial charge in [0, 0.05) is 24.4 Å². The molecule has 2 aliphatic rings. The lowest BCUT2D eigenvalue weighted by Crippen LogP contribution is -2.59. The maximum Gasteiger partial charge on any atom is 0.270 e. The standard InChI is InChI=1S/C20H19N5O3S/c1-10-11(9-24(3)23-10)8-14-18(27)25-16-12-6-4-5-7-13(12)28-20(2,15(16)17(21)26)22-19(25)29-14/h4-9,15-16H,1-3H3,(H2,21,26)/b14-8-/t15-,16-,20-/m0/s1. The Morgan fingerprint density at radius 3 is 2.83 bits per heavy atom. The van der Waals surface area contributed by atoms with E-state index < -0.39 is 23.6 Å². The predicted octanol–water partition coefficient (Wildman–Crippen LogP) is 0.213. The van der Waals surface area contributed by atoms with Gasteiger partial charge in [0.25, 0.3) is 5.56 Å². The fourth-order valence-corrected chi connectivity index (χ4v) is 5.37. The predicted molar refractivity (Wildman–Crippen MR) is 107 cm³/mol. The van der Waals surface area contributed by atoms with E-state index in [1.807, 2.05) is 50.5 Å². The second kappa shape index (κ2) is 5.90. The number of para-hydroxylation sites is 1. The Hall–Kier alpha value is -3.20. The zero-order valence-electron chi connectivity index (χ0n) is 16.1. The summed E-state index contributed by atoms with van der Waals surface area (Å²) in [5, 5.41) is 4.32. The van der Waals surface area contributed by atoms with Gasteiger partial charge >= 0.3 is 0 Å². The van der Waals surface area contributed by atoms with Crippen molar-refractivity contribution >= 4 is 23.3 Å². The number of nitrogens with zero attached hydrogens (tertiary/aromatic N) is 4. The van der Waals surface area contributed by atoms with E-state index in [0.29, 0.717) is 15.1 Å². The lowest BCUT2D eigenvalue weighted by molar-refractivity contribution is -0.133. The number of hydrogen-bond acceptors (Lipinski definition) is 6. The molecule has 1 amide bonds. The van der Waals surface area contributed by atoms with Crippen molar-refractivity contribution in [3.05, 3.63) is 67.0 Å². The zero-order valence-corrected chi connectivity index (χ0v) is 16.9. The SMILES string of the molecule is Cc1nn(C)cc1/C=c1\sc2n(c1=O)[C@H]1c3ccccc3O[C@](C)(N=2)[C@@H]1C(N)=O. The maximum atomic E-state index is 13.4. The first-order valence-corrected chi connectivity index (χ1v) is 10.0. The topological polar surface area (TPSA) is 104 Å². The summed E-state index contributed by atoms with van der Waals surface area (Å²) >= 11 is 1.28. The molecule has 2 bridgehead atoms. The minimum absolute atomic E-state index is 0.202. The van der Waals surface area contributed by atoms with Crippen LogP contribution in [0.25, 0.3) is 6.08 Å². The maximum absolute atomic E-state index is 13.4. The molecule has 2 N–H and O–H groups in total. The molecule has 2 aliphatic heterocycles. The molecule has 3 atom stereocenters. The smallest absolute Gasteiger partial charge is 0.270 e. The zero-order chi connectivity index (χ0) is 20.5. The van der Waals surface area contributed by atoms with Gasteiger partial charge in [0.1, 0.15) is 11.7 Å². The molecule has 0 fully saturated rings. The number of carbonyl (C=O) groups is 1. The van der Waals surface area contributed by atoms with E-state index in [4.69, 9.17) is 10.5 Å². The monoisotopic (exact) mass is 409 g/mol. The fourth-order valence-electron chi connectivity index (χ4n) is 4.28. The highest BCUT2D eigenvalue weighted by atomic mass is 32.1. The van der Waals surface area contributed by atoms with Gasteiger partial charge in [-0.1, -0.05) is 29.5 Å². The van der Waals surface area contributed by atoms with Crippen molar-refractivity contribution in [1.29, 1.82) is 0 Å². The first kappa shape index (κ1) is 17.9. The number of thiazole rings is 1. The molecule has 8 nitrogen and oxygen atoms in total. The van der Waals surface area contributed by atoms with Crippen molar-refractivity contribution in [3.63, 3.8) is 0 Å². The van der Waals surface area contributed by atoms with Gasteiger partial charge in [-0.2, -0.15) is 5.10 Å². The third-order valence-electron chi connectivity index (χ3n) is 5.52. The Balaban J connectivity index is 1.82. The van der Waals surface area contributed by atoms with Crippen LogP contribution in [0.5, 0.6) is 5.75 Å². The van der Waals surface area contributed by atoms with Gasteiger partial charge in [0.15, 0.2) is 4.80 Å². The number of carbonyl (C=O) groups excluding carboxylic acids is 1. The number of rotatable bonds is 2. The van der Waals surface area contributed by atoms with Crippen molar-refractivity contribution in [1.82, 2.24) is 14.3 Å². The fraction of sp³-hybridized carbons (Fsp3) is 0.300. The second-order valence-electron chi connectivity index (χ2n) is 7.54. The largest absolute Gasteiger partial charge is 0.465 e. The second-order valence-corrected chi connectivity index (χ2v) is 8.55. The molecule has 9 heteroatoms. The number of fused-ring (bicyclic) bond motifs is 6. The minimum atomic E-state index is -1.16. The van der Waals surface area contributed by atoms with Crippen LogP contribution in [0.4, 0.5) is 0 Å². The van der Waals surface area contributed by atoms with Crippen molar-refractivity contribution in [2.45, 2.75) is 25.6 Å². The van der Waals surface area contributed by atoms with E-state index in [2.05, 4.69) is 10.1 Å². The summed E-state index contributed by atoms with van der Waals surface area (Å²) in [6.45, 7) is 3.64. The molecule has 0 spiro atoms. The molecule has 5 rings (SSSR count). The van der Waals surface area contributed by atoms with Gasteiger partial charge in [-0.05, 0) is 26.0 Å². The number of ether oxygens (including phenoxy) is 1. The van der Waals surface area contributed by atoms with E-state index in [1.54, 1.807) is 16.2 Å². The Labute approximate surface area is 169 Å². The molecule has 148 valence electrons. The van der Waals surface area contributed by atoms with Gasteiger partial charge in [0.2, 0.25) is 11.6 Å². The molecule has 0 unspecified atom stereocenters. The van der Waals surface area contributed by atoms with Crippen molar-refractivity contribution < 1.29 is 9.53 Å². The molecule has 0 radical (unpaired) electrons. The van der Waals surface area contributed by atoms with Gasteiger partial charge in [-0.25, -0.2) is 4.99 Å². The van der Waals surface area contributed by atoms with E-state index in [1.165, 1.54) is 11.3 Å². The van der Waals surface area contributed by atoms with E-state index in [-0.39, 0.29) is 5.56 Å². The Morgan fingerprint density at radius 1 is 1.38 bits per heavy atom. The van der Waals surface area contributed by atoms with Crippen molar-refractivity contribution in [3.8, 4) is 5.75 Å². The highest BCUT2D eigenvalue weighted by Crippen LogP contribution is 2.46. The van der Waals surface area contributed by atoms with E-state index >= 15 is 0 Å². The average Bonchev–Trinajstić information content (AvgIpc) is 3.11. The van der Waals surface area contributed by atoms with Crippen LogP contribution in [0.2, 0.25) is 0 Å². The normalized spacial score (nSPS) is 25.0. The first-order valence-electron chi connectivity index (χ1n) is 9.19. The molecule has 0 aliphatic carbocycles. The summed E-state index contributed by atoms with van der Waals surface area (Å²) in [7, 11) is 1.83. The Bertz CT molecular complexity index is 1350. The number of amides is 1. The molecule has 3 aromatic rings. The Morgan fingerprint density at radius 2 is 2.14 bits per heavy atom. The molecular formula is C20H19N5O3S. The molecule has 0 saturated heterocycles. The molecule has 0 saturated carbocycles. The highest BCUT2D eigenvalue weighted by Gasteiger charge is 2.54. The van der Waals surface area contributed by atoms with Crippen LogP contribution < -0.4 is 25.4 Å². The first-order chi connectivity index (χ1) is 13.8. The van der Waals surface area contributed by atoms with Crippen LogP contribution in [0.15, 0.2) is 40.2 Å². The third kappa shape index (κ3) is 2.50. The van der Waals surface area contributed by atoms with E-state index in [9.17, 15) is 9.59 Å². The van der Waals surface area contributed by atoms with Crippen LogP contribution >= 0.6 is 11.3 Å². The summed E-state index contributed by atoms with van der Waals surface area (Å²) in [5.74, 6) is -0.725. The minimum Gasteiger partial charge on any atom is -0.465 e. The Kier molecular flexibility index (Phi) is 3.63. The molecule has 4 heterocycles. The quantitative estimate of drug-likeness (QED) is 0.653. The number of primary amides is 1. The molecule has 1 aromatic carbocycles. The van der Waals surface area contributed by atoms with Crippen LogP contribution in [-0.2, 0) is 11.8 Å². The lowest BCUT2D eigenvalue weighted by atomic mass is 9.81. The molecule has 29 heavy (non-hydrogen) atoms. The van der Waals surface area contributed by atoms with Crippen LogP contribution in [0.3, 0.4) is 0 Å². The third-order valence-corrected chi connectivity index (χ3v) is 6.51. The van der Waals surface area contributed by atoms with Gasteiger partial charge in [-0.3, -0.25) is 18.8 Å². The van der Waals surface area contributed by atoms with Crippen molar-refractivity contribution in [2.24, 2.45) is 23.7 Å². The summed E-state index contributed by atoms with van der Waals surface area (Å²) in [6, 6.07) is 6.84. The summed E-state index contributed by atoms with van der Waals surface area (Å²) in [4.78, 5) is 31.0. The number of benzene rings is 1. The number of aryl methyl sites for hydroxylation is 2.